The highest BCUT2D eigenvalue weighted by Crippen LogP contribution is 2.30. The summed E-state index contributed by atoms with van der Waals surface area (Å²) in [7, 11) is 0. The van der Waals surface area contributed by atoms with Gasteiger partial charge in [-0.05, 0) is 18.9 Å². The highest BCUT2D eigenvalue weighted by Gasteiger charge is 2.37. The van der Waals surface area contributed by atoms with Crippen LogP contribution in [0.25, 0.3) is 0 Å². The summed E-state index contributed by atoms with van der Waals surface area (Å²) in [6.45, 7) is 0.968. The Bertz CT molecular complexity index is 533. The van der Waals surface area contributed by atoms with E-state index in [1.165, 1.54) is 6.07 Å². The molecule has 0 aromatic carbocycles. The van der Waals surface area contributed by atoms with Crippen LogP contribution in [0.15, 0.2) is 18.3 Å². The maximum atomic E-state index is 12.4. The number of nitrogens with zero attached hydrogens (tertiary/aromatic N) is 2. The second-order valence-electron chi connectivity index (χ2n) is 5.85. The first kappa shape index (κ1) is 15.1. The van der Waals surface area contributed by atoms with E-state index >= 15 is 0 Å². The number of amides is 1. The molecule has 1 aromatic rings. The van der Waals surface area contributed by atoms with Crippen LogP contribution < -0.4 is 4.74 Å². The summed E-state index contributed by atoms with van der Waals surface area (Å²) in [5.74, 6) is 0.480. The molecule has 0 bridgehead atoms. The largest absolute Gasteiger partial charge is 0.471 e. The number of likely N-dealkylation sites (tertiary alicyclic amines) is 1. The fourth-order valence-electron chi connectivity index (χ4n) is 2.91. The first-order chi connectivity index (χ1) is 10.4. The number of alkyl halides is 3. The van der Waals surface area contributed by atoms with Crippen LogP contribution in [0.1, 0.15) is 31.2 Å². The summed E-state index contributed by atoms with van der Waals surface area (Å²) < 4.78 is 42.8. The summed E-state index contributed by atoms with van der Waals surface area (Å²) in [6.07, 6.45) is 0.318. The highest BCUT2D eigenvalue weighted by molar-refractivity contribution is 5.80. The van der Waals surface area contributed by atoms with E-state index in [0.717, 1.165) is 37.9 Å². The normalized spacial score (nSPS) is 20.0. The minimum Gasteiger partial charge on any atom is -0.471 e. The van der Waals surface area contributed by atoms with Gasteiger partial charge in [0, 0.05) is 18.2 Å². The average Bonchev–Trinajstić information content (AvgIpc) is 2.95. The zero-order valence-electron chi connectivity index (χ0n) is 12.0. The van der Waals surface area contributed by atoms with Crippen LogP contribution >= 0.6 is 0 Å². The lowest BCUT2D eigenvalue weighted by atomic mass is 10.0. The van der Waals surface area contributed by atoms with E-state index in [4.69, 9.17) is 4.74 Å². The van der Waals surface area contributed by atoms with E-state index < -0.39 is 11.7 Å². The minimum absolute atomic E-state index is 0.144. The van der Waals surface area contributed by atoms with Gasteiger partial charge in [0.25, 0.3) is 0 Å². The summed E-state index contributed by atoms with van der Waals surface area (Å²) >= 11 is 0. The van der Waals surface area contributed by atoms with Crippen molar-refractivity contribution in [2.24, 2.45) is 5.92 Å². The first-order valence-electron chi connectivity index (χ1n) is 7.42. The monoisotopic (exact) mass is 314 g/mol. The number of aromatic nitrogens is 1. The van der Waals surface area contributed by atoms with Gasteiger partial charge in [0.1, 0.15) is 6.10 Å². The van der Waals surface area contributed by atoms with Gasteiger partial charge in [-0.2, -0.15) is 13.2 Å². The zero-order valence-corrected chi connectivity index (χ0v) is 12.0. The number of ether oxygens (including phenoxy) is 1. The van der Waals surface area contributed by atoms with Gasteiger partial charge in [0.2, 0.25) is 11.8 Å². The van der Waals surface area contributed by atoms with Crippen LogP contribution in [0, 0.1) is 5.92 Å². The van der Waals surface area contributed by atoms with Gasteiger partial charge in [-0.3, -0.25) is 4.79 Å². The summed E-state index contributed by atoms with van der Waals surface area (Å²) in [5.41, 5.74) is -0.800. The van der Waals surface area contributed by atoms with Gasteiger partial charge >= 0.3 is 6.18 Å². The molecule has 1 aliphatic heterocycles. The number of halogens is 3. The number of carbonyl (C=O) groups excluding carboxylic acids is 1. The lowest BCUT2D eigenvalue weighted by molar-refractivity contribution is -0.144. The van der Waals surface area contributed by atoms with Crippen molar-refractivity contribution in [2.45, 2.75) is 38.0 Å². The Labute approximate surface area is 126 Å². The van der Waals surface area contributed by atoms with Crippen LogP contribution in [0.5, 0.6) is 5.88 Å². The van der Waals surface area contributed by atoms with Crippen molar-refractivity contribution in [3.05, 3.63) is 23.9 Å². The van der Waals surface area contributed by atoms with Crippen molar-refractivity contribution in [1.82, 2.24) is 9.88 Å². The molecule has 0 atom stereocenters. The van der Waals surface area contributed by atoms with Crippen LogP contribution in [0.3, 0.4) is 0 Å². The topological polar surface area (TPSA) is 42.4 Å². The van der Waals surface area contributed by atoms with Crippen molar-refractivity contribution in [3.8, 4) is 5.88 Å². The number of rotatable bonds is 3. The van der Waals surface area contributed by atoms with E-state index in [-0.39, 0.29) is 23.8 Å². The molecule has 3 rings (SSSR count). The molecule has 4 nitrogen and oxygen atoms in total. The molecule has 0 radical (unpaired) electrons. The third-order valence-corrected chi connectivity index (χ3v) is 4.22. The Morgan fingerprint density at radius 1 is 1.23 bits per heavy atom. The molecule has 22 heavy (non-hydrogen) atoms. The highest BCUT2D eigenvalue weighted by atomic mass is 19.4. The molecule has 2 heterocycles. The maximum absolute atomic E-state index is 12.4. The van der Waals surface area contributed by atoms with Gasteiger partial charge in [0.05, 0.1) is 18.7 Å². The number of carbonyl (C=O) groups is 1. The van der Waals surface area contributed by atoms with Crippen molar-refractivity contribution in [2.75, 3.05) is 13.1 Å². The second-order valence-corrected chi connectivity index (χ2v) is 5.85. The molecule has 1 amide bonds. The zero-order chi connectivity index (χ0) is 15.7. The molecule has 0 N–H and O–H groups in total. The Kier molecular flexibility index (Phi) is 3.97. The van der Waals surface area contributed by atoms with Crippen molar-refractivity contribution in [3.63, 3.8) is 0 Å². The van der Waals surface area contributed by atoms with Gasteiger partial charge in [-0.25, -0.2) is 4.98 Å². The van der Waals surface area contributed by atoms with E-state index in [9.17, 15) is 18.0 Å². The molecule has 0 unspecified atom stereocenters. The Morgan fingerprint density at radius 3 is 2.45 bits per heavy atom. The van der Waals surface area contributed by atoms with E-state index in [1.807, 2.05) is 0 Å². The molecule has 2 fully saturated rings. The van der Waals surface area contributed by atoms with Gasteiger partial charge in [-0.1, -0.05) is 12.8 Å². The summed E-state index contributed by atoms with van der Waals surface area (Å²) in [5, 5.41) is 0. The fraction of sp³-hybridized carbons (Fsp3) is 0.600. The lowest BCUT2D eigenvalue weighted by Gasteiger charge is -2.40. The lowest BCUT2D eigenvalue weighted by Crippen LogP contribution is -2.57. The Balaban J connectivity index is 1.48. The predicted molar refractivity (Wildman–Crippen MR) is 72.2 cm³/mol. The molecule has 1 saturated carbocycles. The van der Waals surface area contributed by atoms with Crippen molar-refractivity contribution in [1.29, 1.82) is 0 Å². The van der Waals surface area contributed by atoms with Crippen LogP contribution in [-0.2, 0) is 11.0 Å². The quantitative estimate of drug-likeness (QED) is 0.861. The first-order valence-corrected chi connectivity index (χ1v) is 7.42. The van der Waals surface area contributed by atoms with E-state index in [2.05, 4.69) is 4.98 Å². The van der Waals surface area contributed by atoms with Crippen molar-refractivity contribution < 1.29 is 22.7 Å². The number of hydrogen-bond acceptors (Lipinski definition) is 3. The van der Waals surface area contributed by atoms with E-state index in [1.54, 1.807) is 4.90 Å². The fourth-order valence-corrected chi connectivity index (χ4v) is 2.91. The second kappa shape index (κ2) is 5.78. The standard InChI is InChI=1S/C15H17F3N2O2/c16-15(17,18)11-5-6-13(19-7-11)22-12-8-20(9-12)14(21)10-3-1-2-4-10/h5-7,10,12H,1-4,8-9H2. The van der Waals surface area contributed by atoms with Gasteiger partial charge < -0.3 is 9.64 Å². The average molecular weight is 314 g/mol. The molecule has 7 heteroatoms. The molecule has 120 valence electrons. The third kappa shape index (κ3) is 3.18. The van der Waals surface area contributed by atoms with Gasteiger partial charge in [-0.15, -0.1) is 0 Å². The summed E-state index contributed by atoms with van der Waals surface area (Å²) in [4.78, 5) is 17.5. The Hall–Kier alpha value is -1.79. The molecule has 1 aliphatic carbocycles. The van der Waals surface area contributed by atoms with Crippen molar-refractivity contribution >= 4 is 5.91 Å². The molecule has 1 saturated heterocycles. The molecule has 2 aliphatic rings. The van der Waals surface area contributed by atoms with Gasteiger partial charge in [0.15, 0.2) is 0 Å². The molecular weight excluding hydrogens is 297 g/mol. The molecule has 0 spiro atoms. The minimum atomic E-state index is -4.40. The number of hydrogen-bond donors (Lipinski definition) is 0. The maximum Gasteiger partial charge on any atom is 0.417 e. The SMILES string of the molecule is O=C(C1CCCC1)N1CC(Oc2ccc(C(F)(F)F)cn2)C1. The van der Waals surface area contributed by atoms with Crippen LogP contribution in [0.2, 0.25) is 0 Å². The number of pyridine rings is 1. The predicted octanol–water partition coefficient (Wildman–Crippen LogP) is 2.88. The molecule has 1 aromatic heterocycles. The van der Waals surface area contributed by atoms with Crippen LogP contribution in [0.4, 0.5) is 13.2 Å². The smallest absolute Gasteiger partial charge is 0.417 e. The molecular formula is C15H17F3N2O2. The third-order valence-electron chi connectivity index (χ3n) is 4.22. The summed E-state index contributed by atoms with van der Waals surface area (Å²) in [6, 6.07) is 2.16. The van der Waals surface area contributed by atoms with Crippen LogP contribution in [-0.4, -0.2) is 35.0 Å². The van der Waals surface area contributed by atoms with E-state index in [0.29, 0.717) is 13.1 Å². The Morgan fingerprint density at radius 2 is 1.91 bits per heavy atom.